The van der Waals surface area contributed by atoms with Gasteiger partial charge in [0, 0.05) is 25.2 Å². The van der Waals surface area contributed by atoms with E-state index in [0.717, 1.165) is 31.5 Å². The van der Waals surface area contributed by atoms with Crippen molar-refractivity contribution in [2.24, 2.45) is 0 Å². The molecule has 4 nitrogen and oxygen atoms in total. The third kappa shape index (κ3) is 3.56. The monoisotopic (exact) mass is 313 g/mol. The summed E-state index contributed by atoms with van der Waals surface area (Å²) in [6.45, 7) is 2.03. The van der Waals surface area contributed by atoms with Crippen LogP contribution in [0.1, 0.15) is 19.3 Å². The average Bonchev–Trinajstić information content (AvgIpc) is 2.61. The normalized spacial score (nSPS) is 27.2. The molecule has 6 heteroatoms. The van der Waals surface area contributed by atoms with Gasteiger partial charge in [0.2, 0.25) is 0 Å². The molecule has 0 amide bonds. The third-order valence-electron chi connectivity index (χ3n) is 4.38. The largest absolute Gasteiger partial charge is 0.490 e. The second-order valence-corrected chi connectivity index (χ2v) is 6.20. The highest BCUT2D eigenvalue weighted by Crippen LogP contribution is 2.27. The van der Waals surface area contributed by atoms with E-state index in [2.05, 4.69) is 4.90 Å². The van der Waals surface area contributed by atoms with Crippen LogP contribution in [0.25, 0.3) is 0 Å². The molecule has 0 unspecified atom stereocenters. The molecule has 1 saturated heterocycles. The summed E-state index contributed by atoms with van der Waals surface area (Å²) in [7, 11) is 0. The molecule has 1 aliphatic carbocycles. The van der Waals surface area contributed by atoms with Crippen LogP contribution in [0, 0.1) is 11.6 Å². The van der Waals surface area contributed by atoms with Crippen LogP contribution in [0.15, 0.2) is 18.2 Å². The predicted octanol–water partition coefficient (Wildman–Crippen LogP) is 1.96. The van der Waals surface area contributed by atoms with Gasteiger partial charge >= 0.3 is 0 Å². The van der Waals surface area contributed by atoms with Gasteiger partial charge in [0.05, 0.1) is 13.2 Å². The van der Waals surface area contributed by atoms with Gasteiger partial charge in [-0.2, -0.15) is 0 Å². The van der Waals surface area contributed by atoms with Crippen LogP contribution >= 0.6 is 0 Å². The number of ether oxygens (including phenoxy) is 2. The lowest BCUT2D eigenvalue weighted by Crippen LogP contribution is -2.52. The van der Waals surface area contributed by atoms with Crippen LogP contribution in [-0.4, -0.2) is 54.6 Å². The summed E-state index contributed by atoms with van der Waals surface area (Å²) in [5.41, 5.74) is -1.14. The highest BCUT2D eigenvalue weighted by Gasteiger charge is 2.37. The molecule has 1 heterocycles. The average molecular weight is 313 g/mol. The molecule has 0 aromatic heterocycles. The molecule has 1 aromatic carbocycles. The molecule has 122 valence electrons. The van der Waals surface area contributed by atoms with Crippen LogP contribution in [0.3, 0.4) is 0 Å². The van der Waals surface area contributed by atoms with Crippen molar-refractivity contribution in [3.8, 4) is 5.75 Å². The highest BCUT2D eigenvalue weighted by atomic mass is 19.2. The lowest BCUT2D eigenvalue weighted by Gasteiger charge is -2.39. The summed E-state index contributed by atoms with van der Waals surface area (Å²) in [5.74, 6) is -1.68. The van der Waals surface area contributed by atoms with Crippen molar-refractivity contribution in [1.29, 1.82) is 0 Å². The van der Waals surface area contributed by atoms with Gasteiger partial charge < -0.3 is 14.6 Å². The van der Waals surface area contributed by atoms with Crippen molar-refractivity contribution >= 4 is 0 Å². The number of hydrogen-bond acceptors (Lipinski definition) is 4. The van der Waals surface area contributed by atoms with Crippen molar-refractivity contribution in [2.75, 3.05) is 32.9 Å². The van der Waals surface area contributed by atoms with Crippen molar-refractivity contribution in [3.05, 3.63) is 29.8 Å². The van der Waals surface area contributed by atoms with E-state index in [-0.39, 0.29) is 19.0 Å². The first-order valence-electron chi connectivity index (χ1n) is 7.68. The summed E-state index contributed by atoms with van der Waals surface area (Å²) in [5, 5.41) is 10.7. The quantitative estimate of drug-likeness (QED) is 0.923. The van der Waals surface area contributed by atoms with E-state index < -0.39 is 17.2 Å². The van der Waals surface area contributed by atoms with Gasteiger partial charge in [-0.05, 0) is 25.0 Å². The lowest BCUT2D eigenvalue weighted by atomic mass is 9.90. The van der Waals surface area contributed by atoms with Crippen LogP contribution in [0.4, 0.5) is 8.78 Å². The fraction of sp³-hybridized carbons (Fsp3) is 0.625. The first kappa shape index (κ1) is 15.6. The van der Waals surface area contributed by atoms with Crippen molar-refractivity contribution in [2.45, 2.75) is 30.9 Å². The van der Waals surface area contributed by atoms with Crippen LogP contribution in [0.5, 0.6) is 5.75 Å². The van der Waals surface area contributed by atoms with Crippen molar-refractivity contribution in [1.82, 2.24) is 4.90 Å². The fourth-order valence-corrected chi connectivity index (χ4v) is 2.88. The zero-order valence-corrected chi connectivity index (χ0v) is 12.4. The van der Waals surface area contributed by atoms with E-state index in [1.54, 1.807) is 0 Å². The van der Waals surface area contributed by atoms with Crippen LogP contribution < -0.4 is 4.74 Å². The number of nitrogens with zero attached hydrogens (tertiary/aromatic N) is 1. The molecule has 1 atom stereocenters. The van der Waals surface area contributed by atoms with Gasteiger partial charge in [0.15, 0.2) is 11.6 Å². The molecule has 0 radical (unpaired) electrons. The van der Waals surface area contributed by atoms with Crippen LogP contribution in [0.2, 0.25) is 0 Å². The maximum Gasteiger partial charge on any atom is 0.162 e. The van der Waals surface area contributed by atoms with E-state index >= 15 is 0 Å². The third-order valence-corrected chi connectivity index (χ3v) is 4.38. The van der Waals surface area contributed by atoms with Gasteiger partial charge in [-0.15, -0.1) is 0 Å². The minimum atomic E-state index is -1.14. The van der Waals surface area contributed by atoms with Gasteiger partial charge in [0.25, 0.3) is 0 Å². The number of rotatable bonds is 4. The zero-order chi connectivity index (χ0) is 15.6. The van der Waals surface area contributed by atoms with Crippen molar-refractivity contribution < 1.29 is 23.4 Å². The summed E-state index contributed by atoms with van der Waals surface area (Å²) in [4.78, 5) is 2.24. The Kier molecular flexibility index (Phi) is 4.61. The molecule has 2 fully saturated rings. The molecule has 2 aliphatic rings. The molecule has 0 spiro atoms. The number of β-amino-alcohol motifs (C(OH)–C–C–N with tert-alkyl or cyclic N) is 1. The first-order chi connectivity index (χ1) is 10.6. The maximum absolute atomic E-state index is 13.2. The summed E-state index contributed by atoms with van der Waals surface area (Å²) in [6.07, 6.45) is 3.53. The molecular formula is C16H21F2NO3. The number of benzene rings is 1. The van der Waals surface area contributed by atoms with E-state index in [1.807, 2.05) is 0 Å². The highest BCUT2D eigenvalue weighted by molar-refractivity contribution is 5.23. The Hall–Kier alpha value is -1.24. The second kappa shape index (κ2) is 6.48. The summed E-state index contributed by atoms with van der Waals surface area (Å²) < 4.78 is 37.0. The van der Waals surface area contributed by atoms with E-state index in [0.29, 0.717) is 19.2 Å². The molecular weight excluding hydrogens is 292 g/mol. The van der Waals surface area contributed by atoms with Gasteiger partial charge in [0.1, 0.15) is 18.0 Å². The van der Waals surface area contributed by atoms with Crippen molar-refractivity contribution in [3.63, 3.8) is 0 Å². The second-order valence-electron chi connectivity index (χ2n) is 6.20. The maximum atomic E-state index is 13.2. The smallest absolute Gasteiger partial charge is 0.162 e. The minimum Gasteiger partial charge on any atom is -0.490 e. The summed E-state index contributed by atoms with van der Waals surface area (Å²) >= 11 is 0. The molecule has 1 N–H and O–H groups in total. The predicted molar refractivity (Wildman–Crippen MR) is 76.8 cm³/mol. The Morgan fingerprint density at radius 2 is 2.14 bits per heavy atom. The van der Waals surface area contributed by atoms with E-state index in [4.69, 9.17) is 9.47 Å². The summed E-state index contributed by atoms with van der Waals surface area (Å²) in [6, 6.07) is 3.86. The number of hydrogen-bond donors (Lipinski definition) is 1. The SMILES string of the molecule is O[C@]1(COc2ccc(F)c(F)c2)COCCN(C2CCC2)C1. The number of halogens is 2. The molecule has 3 rings (SSSR count). The van der Waals surface area contributed by atoms with Gasteiger partial charge in [-0.1, -0.05) is 6.42 Å². The topological polar surface area (TPSA) is 41.9 Å². The van der Waals surface area contributed by atoms with Crippen LogP contribution in [-0.2, 0) is 4.74 Å². The first-order valence-corrected chi connectivity index (χ1v) is 7.68. The fourth-order valence-electron chi connectivity index (χ4n) is 2.88. The molecule has 1 aliphatic heterocycles. The Labute approximate surface area is 128 Å². The Bertz CT molecular complexity index is 524. The molecule has 1 saturated carbocycles. The Morgan fingerprint density at radius 3 is 2.82 bits per heavy atom. The van der Waals surface area contributed by atoms with E-state index in [9.17, 15) is 13.9 Å². The number of aliphatic hydroxyl groups is 1. The molecule has 1 aromatic rings. The standard InChI is InChI=1S/C16H21F2NO3/c17-14-5-4-13(8-15(14)18)22-11-16(20)9-19(6-7-21-10-16)12-2-1-3-12/h4-5,8,12,20H,1-3,6-7,9-11H2/t16-/m0/s1. The molecule has 0 bridgehead atoms. The van der Waals surface area contributed by atoms with Gasteiger partial charge in [-0.3, -0.25) is 4.90 Å². The molecule has 22 heavy (non-hydrogen) atoms. The Morgan fingerprint density at radius 1 is 1.32 bits per heavy atom. The van der Waals surface area contributed by atoms with E-state index in [1.165, 1.54) is 12.5 Å². The minimum absolute atomic E-state index is 0.0126. The lowest BCUT2D eigenvalue weighted by molar-refractivity contribution is -0.0698. The zero-order valence-electron chi connectivity index (χ0n) is 12.4. The van der Waals surface area contributed by atoms with Gasteiger partial charge in [-0.25, -0.2) is 8.78 Å². The Balaban J connectivity index is 1.62.